The van der Waals surface area contributed by atoms with Crippen molar-refractivity contribution < 1.29 is 9.53 Å². The molecule has 1 aromatic carbocycles. The van der Waals surface area contributed by atoms with E-state index >= 15 is 0 Å². The molecule has 2 aliphatic rings. The number of piperidine rings is 1. The molecule has 1 aliphatic heterocycles. The van der Waals surface area contributed by atoms with E-state index in [2.05, 4.69) is 26.1 Å². The van der Waals surface area contributed by atoms with E-state index in [0.717, 1.165) is 36.4 Å². The van der Waals surface area contributed by atoms with Gasteiger partial charge in [0.1, 0.15) is 5.75 Å². The predicted molar refractivity (Wildman–Crippen MR) is 90.4 cm³/mol. The Morgan fingerprint density at radius 1 is 1.32 bits per heavy atom. The standard InChI is InChI=1S/C16H20BrClN2O2/c17-11-1-4-15(14(18)9-11)22-10-16(21)19-12-5-7-20(8-6-12)13-2-3-13/h1,4,9,12-13H,2-3,5-8,10H2,(H,19,21). The molecule has 3 rings (SSSR count). The van der Waals surface area contributed by atoms with Gasteiger partial charge in [-0.15, -0.1) is 0 Å². The molecule has 1 aromatic rings. The minimum absolute atomic E-state index is 0.00416. The number of benzene rings is 1. The maximum atomic E-state index is 12.0. The van der Waals surface area contributed by atoms with Gasteiger partial charge in [0.05, 0.1) is 5.02 Å². The number of nitrogens with zero attached hydrogens (tertiary/aromatic N) is 1. The van der Waals surface area contributed by atoms with Gasteiger partial charge < -0.3 is 15.0 Å². The first-order chi connectivity index (χ1) is 10.6. The lowest BCUT2D eigenvalue weighted by atomic mass is 10.0. The zero-order valence-electron chi connectivity index (χ0n) is 12.4. The summed E-state index contributed by atoms with van der Waals surface area (Å²) in [6.45, 7) is 2.19. The molecule has 22 heavy (non-hydrogen) atoms. The highest BCUT2D eigenvalue weighted by molar-refractivity contribution is 9.10. The lowest BCUT2D eigenvalue weighted by Gasteiger charge is -2.32. The molecule has 1 aliphatic carbocycles. The number of rotatable bonds is 5. The van der Waals surface area contributed by atoms with Gasteiger partial charge in [0, 0.05) is 29.6 Å². The zero-order chi connectivity index (χ0) is 15.5. The summed E-state index contributed by atoms with van der Waals surface area (Å²) >= 11 is 9.40. The highest BCUT2D eigenvalue weighted by Crippen LogP contribution is 2.29. The van der Waals surface area contributed by atoms with E-state index in [1.165, 1.54) is 12.8 Å². The van der Waals surface area contributed by atoms with Gasteiger partial charge in [0.2, 0.25) is 0 Å². The number of hydrogen-bond acceptors (Lipinski definition) is 3. The van der Waals surface area contributed by atoms with Crippen molar-refractivity contribution in [1.82, 2.24) is 10.2 Å². The van der Waals surface area contributed by atoms with Gasteiger partial charge in [-0.1, -0.05) is 27.5 Å². The van der Waals surface area contributed by atoms with Crippen molar-refractivity contribution in [3.63, 3.8) is 0 Å². The van der Waals surface area contributed by atoms with Crippen LogP contribution in [0.5, 0.6) is 5.75 Å². The molecular formula is C16H20BrClN2O2. The zero-order valence-corrected chi connectivity index (χ0v) is 14.7. The van der Waals surface area contributed by atoms with Crippen LogP contribution in [-0.4, -0.2) is 42.6 Å². The van der Waals surface area contributed by atoms with Crippen LogP contribution in [0.2, 0.25) is 5.02 Å². The fourth-order valence-corrected chi connectivity index (χ4v) is 3.58. The average Bonchev–Trinajstić information content (AvgIpc) is 3.32. The highest BCUT2D eigenvalue weighted by atomic mass is 79.9. The van der Waals surface area contributed by atoms with Crippen LogP contribution in [0.1, 0.15) is 25.7 Å². The van der Waals surface area contributed by atoms with E-state index in [9.17, 15) is 4.79 Å². The monoisotopic (exact) mass is 386 g/mol. The van der Waals surface area contributed by atoms with E-state index in [1.807, 2.05) is 6.07 Å². The Balaban J connectivity index is 1.40. The van der Waals surface area contributed by atoms with Crippen molar-refractivity contribution >= 4 is 33.4 Å². The maximum Gasteiger partial charge on any atom is 0.258 e. The average molecular weight is 388 g/mol. The summed E-state index contributed by atoms with van der Waals surface area (Å²) in [5, 5.41) is 3.56. The molecular weight excluding hydrogens is 368 g/mol. The summed E-state index contributed by atoms with van der Waals surface area (Å²) in [6.07, 6.45) is 4.75. The fraction of sp³-hybridized carbons (Fsp3) is 0.562. The Kier molecular flexibility index (Phi) is 5.26. The SMILES string of the molecule is O=C(COc1ccc(Br)cc1Cl)NC1CCN(C2CC2)CC1. The topological polar surface area (TPSA) is 41.6 Å². The third-order valence-electron chi connectivity index (χ3n) is 4.21. The molecule has 1 amide bonds. The Hall–Kier alpha value is -0.780. The summed E-state index contributed by atoms with van der Waals surface area (Å²) in [6, 6.07) is 6.44. The molecule has 120 valence electrons. The first kappa shape index (κ1) is 16.1. The van der Waals surface area contributed by atoms with Crippen LogP contribution in [0.25, 0.3) is 0 Å². The van der Waals surface area contributed by atoms with E-state index in [0.29, 0.717) is 10.8 Å². The summed E-state index contributed by atoms with van der Waals surface area (Å²) in [4.78, 5) is 14.5. The van der Waals surface area contributed by atoms with Gasteiger partial charge in [-0.3, -0.25) is 4.79 Å². The van der Waals surface area contributed by atoms with Crippen molar-refractivity contribution in [2.75, 3.05) is 19.7 Å². The van der Waals surface area contributed by atoms with Gasteiger partial charge in [-0.05, 0) is 43.9 Å². The second kappa shape index (κ2) is 7.20. The Morgan fingerprint density at radius 3 is 2.68 bits per heavy atom. The first-order valence-corrected chi connectivity index (χ1v) is 8.90. The molecule has 0 radical (unpaired) electrons. The number of amides is 1. The molecule has 1 heterocycles. The second-order valence-corrected chi connectivity index (χ2v) is 7.30. The van der Waals surface area contributed by atoms with Crippen LogP contribution < -0.4 is 10.1 Å². The summed E-state index contributed by atoms with van der Waals surface area (Å²) < 4.78 is 6.38. The van der Waals surface area contributed by atoms with E-state index in [4.69, 9.17) is 16.3 Å². The van der Waals surface area contributed by atoms with Crippen molar-refractivity contribution in [2.45, 2.75) is 37.8 Å². The molecule has 0 bridgehead atoms. The van der Waals surface area contributed by atoms with Gasteiger partial charge in [-0.25, -0.2) is 0 Å². The molecule has 1 N–H and O–H groups in total. The molecule has 0 aromatic heterocycles. The summed E-state index contributed by atoms with van der Waals surface area (Å²) in [7, 11) is 0. The molecule has 2 fully saturated rings. The quantitative estimate of drug-likeness (QED) is 0.843. The van der Waals surface area contributed by atoms with Crippen molar-refractivity contribution in [3.8, 4) is 5.75 Å². The predicted octanol–water partition coefficient (Wildman–Crippen LogP) is 3.22. The minimum Gasteiger partial charge on any atom is -0.482 e. The lowest BCUT2D eigenvalue weighted by Crippen LogP contribution is -2.46. The molecule has 0 spiro atoms. The highest BCUT2D eigenvalue weighted by Gasteiger charge is 2.32. The molecule has 4 nitrogen and oxygen atoms in total. The van der Waals surface area contributed by atoms with Gasteiger partial charge >= 0.3 is 0 Å². The summed E-state index contributed by atoms with van der Waals surface area (Å²) in [5.41, 5.74) is 0. The molecule has 1 saturated heterocycles. The van der Waals surface area contributed by atoms with Crippen molar-refractivity contribution in [1.29, 1.82) is 0 Å². The molecule has 6 heteroatoms. The number of halogens is 2. The number of carbonyl (C=O) groups excluding carboxylic acids is 1. The molecule has 0 unspecified atom stereocenters. The maximum absolute atomic E-state index is 12.0. The number of ether oxygens (including phenoxy) is 1. The smallest absolute Gasteiger partial charge is 0.258 e. The first-order valence-electron chi connectivity index (χ1n) is 7.73. The Morgan fingerprint density at radius 2 is 2.05 bits per heavy atom. The largest absolute Gasteiger partial charge is 0.482 e. The third-order valence-corrected chi connectivity index (χ3v) is 5.00. The van der Waals surface area contributed by atoms with Crippen LogP contribution in [0.4, 0.5) is 0 Å². The molecule has 0 atom stereocenters. The molecule has 1 saturated carbocycles. The Labute approximate surface area is 144 Å². The van der Waals surface area contributed by atoms with E-state index in [-0.39, 0.29) is 18.6 Å². The second-order valence-electron chi connectivity index (χ2n) is 5.97. The van der Waals surface area contributed by atoms with E-state index in [1.54, 1.807) is 12.1 Å². The number of hydrogen-bond donors (Lipinski definition) is 1. The van der Waals surface area contributed by atoms with E-state index < -0.39 is 0 Å². The van der Waals surface area contributed by atoms with Gasteiger partial charge in [0.15, 0.2) is 6.61 Å². The third kappa shape index (κ3) is 4.37. The number of carbonyl (C=O) groups is 1. The van der Waals surface area contributed by atoms with Crippen LogP contribution in [-0.2, 0) is 4.79 Å². The number of likely N-dealkylation sites (tertiary alicyclic amines) is 1. The van der Waals surface area contributed by atoms with Crippen molar-refractivity contribution in [3.05, 3.63) is 27.7 Å². The summed E-state index contributed by atoms with van der Waals surface area (Å²) in [5.74, 6) is 0.451. The van der Waals surface area contributed by atoms with Crippen LogP contribution in [0.3, 0.4) is 0 Å². The Bertz CT molecular complexity index is 543. The minimum atomic E-state index is -0.0798. The van der Waals surface area contributed by atoms with Crippen LogP contribution >= 0.6 is 27.5 Å². The van der Waals surface area contributed by atoms with Crippen molar-refractivity contribution in [2.24, 2.45) is 0 Å². The number of nitrogens with one attached hydrogen (secondary N) is 1. The van der Waals surface area contributed by atoms with Gasteiger partial charge in [-0.2, -0.15) is 0 Å². The normalized spacial score (nSPS) is 19.9. The fourth-order valence-electron chi connectivity index (χ4n) is 2.85. The van der Waals surface area contributed by atoms with Crippen LogP contribution in [0.15, 0.2) is 22.7 Å². The van der Waals surface area contributed by atoms with Gasteiger partial charge in [0.25, 0.3) is 5.91 Å². The lowest BCUT2D eigenvalue weighted by molar-refractivity contribution is -0.124. The van der Waals surface area contributed by atoms with Crippen LogP contribution in [0, 0.1) is 0 Å².